The highest BCUT2D eigenvalue weighted by Crippen LogP contribution is 2.34. The van der Waals surface area contributed by atoms with E-state index in [1.165, 1.54) is 12.0 Å². The number of hydrogen-bond donors (Lipinski definition) is 2. The lowest BCUT2D eigenvalue weighted by atomic mass is 10.1. The molecule has 0 fully saturated rings. The molecule has 2 aromatic heterocycles. The highest BCUT2D eigenvalue weighted by atomic mass is 32.1. The Bertz CT molecular complexity index is 844. The maximum Gasteiger partial charge on any atom is 0.341 e. The van der Waals surface area contributed by atoms with Gasteiger partial charge in [0, 0.05) is 20.3 Å². The third kappa shape index (κ3) is 4.36. The number of rotatable bonds is 4. The molecule has 2 rings (SSSR count). The first-order chi connectivity index (χ1) is 12.2. The topological polar surface area (TPSA) is 83.6 Å². The minimum atomic E-state index is -0.532. The third-order valence-electron chi connectivity index (χ3n) is 3.52. The van der Waals surface area contributed by atoms with E-state index in [1.54, 1.807) is 33.3 Å². The van der Waals surface area contributed by atoms with Crippen LogP contribution in [0.2, 0.25) is 0 Å². The van der Waals surface area contributed by atoms with E-state index in [0.717, 1.165) is 16.9 Å². The summed E-state index contributed by atoms with van der Waals surface area (Å²) in [7, 11) is 4.60. The lowest BCUT2D eigenvalue weighted by molar-refractivity contribution is 0.0601. The molecule has 0 aromatic carbocycles. The van der Waals surface area contributed by atoms with Crippen molar-refractivity contribution in [1.82, 2.24) is 9.88 Å². The summed E-state index contributed by atoms with van der Waals surface area (Å²) < 4.78 is 4.85. The van der Waals surface area contributed by atoms with Gasteiger partial charge in [0.15, 0.2) is 5.11 Å². The van der Waals surface area contributed by atoms with Crippen molar-refractivity contribution in [2.24, 2.45) is 0 Å². The molecule has 9 heteroatoms. The molecule has 0 saturated carbocycles. The summed E-state index contributed by atoms with van der Waals surface area (Å²) in [5, 5.41) is 6.63. The van der Waals surface area contributed by atoms with E-state index in [0.29, 0.717) is 26.8 Å². The van der Waals surface area contributed by atoms with Crippen LogP contribution in [0.5, 0.6) is 0 Å². The van der Waals surface area contributed by atoms with Gasteiger partial charge in [0.05, 0.1) is 17.6 Å². The Kier molecular flexibility index (Phi) is 6.27. The maximum absolute atomic E-state index is 12.3. The number of thiocarbonyl (C=S) groups is 1. The number of hydrogen-bond acceptors (Lipinski definition) is 6. The normalized spacial score (nSPS) is 10.2. The van der Waals surface area contributed by atoms with Crippen LogP contribution >= 0.6 is 23.6 Å². The zero-order valence-electron chi connectivity index (χ0n) is 15.2. The van der Waals surface area contributed by atoms with Crippen molar-refractivity contribution in [3.8, 4) is 0 Å². The molecule has 0 aliphatic rings. The predicted molar refractivity (Wildman–Crippen MR) is 107 cm³/mol. The fourth-order valence-corrected chi connectivity index (χ4v) is 3.64. The van der Waals surface area contributed by atoms with E-state index in [9.17, 15) is 9.59 Å². The van der Waals surface area contributed by atoms with E-state index >= 15 is 0 Å². The molecule has 0 saturated heterocycles. The van der Waals surface area contributed by atoms with E-state index in [1.807, 2.05) is 13.0 Å². The van der Waals surface area contributed by atoms with E-state index < -0.39 is 5.97 Å². The van der Waals surface area contributed by atoms with Gasteiger partial charge in [-0.15, -0.1) is 11.3 Å². The average molecular weight is 393 g/mol. The summed E-state index contributed by atoms with van der Waals surface area (Å²) in [4.78, 5) is 30.7. The van der Waals surface area contributed by atoms with Gasteiger partial charge in [-0.05, 0) is 43.3 Å². The highest BCUT2D eigenvalue weighted by molar-refractivity contribution is 7.80. The molecule has 0 aliphatic heterocycles. The van der Waals surface area contributed by atoms with Crippen molar-refractivity contribution in [2.75, 3.05) is 31.8 Å². The number of aromatic nitrogens is 1. The molecule has 2 heterocycles. The molecule has 7 nitrogen and oxygen atoms in total. The van der Waals surface area contributed by atoms with Crippen LogP contribution < -0.4 is 10.6 Å². The Balaban J connectivity index is 2.30. The van der Waals surface area contributed by atoms with Crippen LogP contribution in [0.25, 0.3) is 0 Å². The van der Waals surface area contributed by atoms with Crippen molar-refractivity contribution in [3.63, 3.8) is 0 Å². The molecule has 0 spiro atoms. The van der Waals surface area contributed by atoms with Gasteiger partial charge in [-0.3, -0.25) is 4.79 Å². The van der Waals surface area contributed by atoms with Gasteiger partial charge in [0.1, 0.15) is 10.8 Å². The Morgan fingerprint density at radius 1 is 1.23 bits per heavy atom. The fraction of sp³-hybridized carbons (Fsp3) is 0.294. The smallest absolute Gasteiger partial charge is 0.341 e. The molecule has 26 heavy (non-hydrogen) atoms. The molecule has 0 atom stereocenters. The molecular formula is C17H20N4O3S2. The summed E-state index contributed by atoms with van der Waals surface area (Å²) >= 11 is 6.46. The molecule has 2 aromatic rings. The van der Waals surface area contributed by atoms with Crippen LogP contribution in [0.3, 0.4) is 0 Å². The number of methoxy groups -OCH3 is 1. The molecule has 0 bridgehead atoms. The zero-order chi connectivity index (χ0) is 19.4. The second-order valence-corrected chi connectivity index (χ2v) is 7.18. The number of amides is 1. The fourth-order valence-electron chi connectivity index (χ4n) is 2.15. The minimum Gasteiger partial charge on any atom is -0.465 e. The quantitative estimate of drug-likeness (QED) is 0.611. The van der Waals surface area contributed by atoms with Gasteiger partial charge in [0.25, 0.3) is 5.91 Å². The van der Waals surface area contributed by atoms with Crippen LogP contribution in [-0.2, 0) is 4.74 Å². The van der Waals surface area contributed by atoms with E-state index in [2.05, 4.69) is 15.6 Å². The van der Waals surface area contributed by atoms with Crippen LogP contribution in [-0.4, -0.2) is 48.1 Å². The van der Waals surface area contributed by atoms with Crippen LogP contribution in [0.15, 0.2) is 18.3 Å². The Labute approximate surface area is 161 Å². The number of nitrogens with zero attached hydrogens (tertiary/aromatic N) is 2. The van der Waals surface area contributed by atoms with Gasteiger partial charge < -0.3 is 20.3 Å². The number of ether oxygens (including phenoxy) is 1. The molecule has 138 valence electrons. The van der Waals surface area contributed by atoms with Gasteiger partial charge in [0.2, 0.25) is 0 Å². The summed E-state index contributed by atoms with van der Waals surface area (Å²) in [6, 6.07) is 3.70. The summed E-state index contributed by atoms with van der Waals surface area (Å²) in [5.41, 5.74) is 1.88. The number of esters is 1. The van der Waals surface area contributed by atoms with Crippen molar-refractivity contribution in [1.29, 1.82) is 0 Å². The molecular weight excluding hydrogens is 372 g/mol. The first kappa shape index (κ1) is 19.8. The average Bonchev–Trinajstić information content (AvgIpc) is 2.91. The Hall–Kier alpha value is -2.52. The van der Waals surface area contributed by atoms with Crippen molar-refractivity contribution < 1.29 is 14.3 Å². The monoisotopic (exact) mass is 392 g/mol. The van der Waals surface area contributed by atoms with Gasteiger partial charge in [-0.25, -0.2) is 9.78 Å². The molecule has 0 aliphatic carbocycles. The third-order valence-corrected chi connectivity index (χ3v) is 4.92. The first-order valence-electron chi connectivity index (χ1n) is 7.68. The Morgan fingerprint density at radius 3 is 2.46 bits per heavy atom. The SMILES string of the molecule is COC(=O)c1c(NC(=S)Nc2ccc(C)cn2)sc(C(=O)N(C)C)c1C. The summed E-state index contributed by atoms with van der Waals surface area (Å²) in [5.74, 6) is -0.148. The minimum absolute atomic E-state index is 0.190. The standard InChI is InChI=1S/C17H20N4O3S2/c1-9-6-7-11(18-8-9)19-17(25)20-14-12(16(23)24-5)10(2)13(26-14)15(22)21(3)4/h6-8H,1-5H3,(H2,18,19,20,25). The molecule has 1 amide bonds. The van der Waals surface area contributed by atoms with Gasteiger partial charge in [-0.2, -0.15) is 0 Å². The lowest BCUT2D eigenvalue weighted by Gasteiger charge is -2.10. The number of nitrogens with one attached hydrogen (secondary N) is 2. The number of aryl methyl sites for hydroxylation is 1. The van der Waals surface area contributed by atoms with Crippen molar-refractivity contribution >= 4 is 51.4 Å². The summed E-state index contributed by atoms with van der Waals surface area (Å²) in [6.45, 7) is 3.65. The second kappa shape index (κ2) is 8.24. The number of carbonyl (C=O) groups is 2. The van der Waals surface area contributed by atoms with Crippen LogP contribution in [0.1, 0.15) is 31.2 Å². The number of pyridine rings is 1. The van der Waals surface area contributed by atoms with E-state index in [4.69, 9.17) is 17.0 Å². The van der Waals surface area contributed by atoms with Crippen molar-refractivity contribution in [3.05, 3.63) is 39.9 Å². The largest absolute Gasteiger partial charge is 0.465 e. The van der Waals surface area contributed by atoms with Gasteiger partial charge >= 0.3 is 5.97 Å². The van der Waals surface area contributed by atoms with Crippen molar-refractivity contribution in [2.45, 2.75) is 13.8 Å². The molecule has 0 unspecified atom stereocenters. The number of anilines is 2. The maximum atomic E-state index is 12.3. The van der Waals surface area contributed by atoms with Crippen LogP contribution in [0, 0.1) is 13.8 Å². The molecule has 0 radical (unpaired) electrons. The first-order valence-corrected chi connectivity index (χ1v) is 8.91. The number of carbonyl (C=O) groups excluding carboxylic acids is 2. The molecule has 2 N–H and O–H groups in total. The zero-order valence-corrected chi connectivity index (χ0v) is 16.8. The van der Waals surface area contributed by atoms with Crippen LogP contribution in [0.4, 0.5) is 10.8 Å². The van der Waals surface area contributed by atoms with Gasteiger partial charge in [-0.1, -0.05) is 6.07 Å². The second-order valence-electron chi connectivity index (χ2n) is 5.75. The number of thiophene rings is 1. The van der Waals surface area contributed by atoms with E-state index in [-0.39, 0.29) is 11.0 Å². The Morgan fingerprint density at radius 2 is 1.92 bits per heavy atom. The lowest BCUT2D eigenvalue weighted by Crippen LogP contribution is -2.21. The summed E-state index contributed by atoms with van der Waals surface area (Å²) in [6.07, 6.45) is 1.72. The highest BCUT2D eigenvalue weighted by Gasteiger charge is 2.26. The predicted octanol–water partition coefficient (Wildman–Crippen LogP) is 3.06.